The highest BCUT2D eigenvalue weighted by molar-refractivity contribution is 5.78. The maximum absolute atomic E-state index is 13.4. The molecule has 0 heterocycles. The average Bonchev–Trinajstić information content (AvgIpc) is 3.27. The van der Waals surface area contributed by atoms with Crippen LogP contribution in [0.4, 0.5) is 0 Å². The van der Waals surface area contributed by atoms with Gasteiger partial charge in [0.05, 0.1) is 31.2 Å². The summed E-state index contributed by atoms with van der Waals surface area (Å²) >= 11 is 0. The number of methoxy groups -OCH3 is 2. The number of hydrogen-bond donors (Lipinski definition) is 1. The van der Waals surface area contributed by atoms with E-state index in [0.717, 1.165) is 57.8 Å². The van der Waals surface area contributed by atoms with Crippen molar-refractivity contribution in [3.8, 4) is 0 Å². The van der Waals surface area contributed by atoms with Gasteiger partial charge in [-0.1, -0.05) is 32.9 Å². The SMILES string of the molecule is C=C(C)[C@@H]1CC[C@]2(C(=O)OC)CC[C@]3(C)[C@H](CC[C@@H]4[C@@]5(C)CC[C@@H](O)[C@@](C)(C(=O)OC)[C@@H]5CC[C@]43C)[C@@H]12. The van der Waals surface area contributed by atoms with Gasteiger partial charge < -0.3 is 14.6 Å². The second kappa shape index (κ2) is 8.57. The van der Waals surface area contributed by atoms with Gasteiger partial charge >= 0.3 is 11.9 Å². The quantitative estimate of drug-likeness (QED) is 0.352. The number of allylic oxidation sites excluding steroid dienone is 1. The molecule has 37 heavy (non-hydrogen) atoms. The Morgan fingerprint density at radius 2 is 1.46 bits per heavy atom. The van der Waals surface area contributed by atoms with E-state index in [1.807, 2.05) is 6.92 Å². The minimum Gasteiger partial charge on any atom is -0.469 e. The number of carbonyl (C=O) groups is 2. The Morgan fingerprint density at radius 3 is 2.08 bits per heavy atom. The highest BCUT2D eigenvalue weighted by Gasteiger charge is 2.73. The van der Waals surface area contributed by atoms with Crippen LogP contribution in [-0.4, -0.2) is 37.4 Å². The molecule has 208 valence electrons. The van der Waals surface area contributed by atoms with E-state index in [1.165, 1.54) is 12.7 Å². The van der Waals surface area contributed by atoms with Gasteiger partial charge in [0.1, 0.15) is 0 Å². The van der Waals surface area contributed by atoms with Crippen molar-refractivity contribution in [3.05, 3.63) is 12.2 Å². The van der Waals surface area contributed by atoms with Crippen LogP contribution in [-0.2, 0) is 19.1 Å². The van der Waals surface area contributed by atoms with E-state index in [1.54, 1.807) is 7.11 Å². The zero-order valence-electron chi connectivity index (χ0n) is 24.3. The number of esters is 2. The molecule has 0 aromatic heterocycles. The average molecular weight is 515 g/mol. The van der Waals surface area contributed by atoms with Gasteiger partial charge in [0.25, 0.3) is 0 Å². The lowest BCUT2D eigenvalue weighted by molar-refractivity contribution is -0.252. The molecule has 0 radical (unpaired) electrons. The van der Waals surface area contributed by atoms with Crippen LogP contribution in [0.1, 0.15) is 98.8 Å². The number of hydrogen-bond acceptors (Lipinski definition) is 5. The van der Waals surface area contributed by atoms with Crippen molar-refractivity contribution in [1.82, 2.24) is 0 Å². The van der Waals surface area contributed by atoms with Crippen LogP contribution >= 0.6 is 0 Å². The van der Waals surface area contributed by atoms with Crippen LogP contribution in [0.15, 0.2) is 12.2 Å². The molecule has 0 amide bonds. The van der Waals surface area contributed by atoms with E-state index in [-0.39, 0.29) is 39.5 Å². The third-order valence-corrected chi connectivity index (χ3v) is 13.9. The summed E-state index contributed by atoms with van der Waals surface area (Å²) in [6.45, 7) is 16.0. The predicted molar refractivity (Wildman–Crippen MR) is 143 cm³/mol. The molecule has 0 aromatic rings. The number of carbonyl (C=O) groups excluding carboxylic acids is 2. The molecule has 0 aromatic carbocycles. The van der Waals surface area contributed by atoms with Crippen LogP contribution in [0.5, 0.6) is 0 Å². The molecular formula is C32H50O5. The van der Waals surface area contributed by atoms with Gasteiger partial charge in [0, 0.05) is 0 Å². The monoisotopic (exact) mass is 514 g/mol. The zero-order chi connectivity index (χ0) is 27.2. The lowest BCUT2D eigenvalue weighted by Crippen LogP contribution is -2.68. The fraction of sp³-hybridized carbons (Fsp3) is 0.875. The van der Waals surface area contributed by atoms with Gasteiger partial charge in [-0.3, -0.25) is 9.59 Å². The molecule has 0 spiro atoms. The Bertz CT molecular complexity index is 990. The van der Waals surface area contributed by atoms with Gasteiger partial charge in [-0.2, -0.15) is 0 Å². The van der Waals surface area contributed by atoms with E-state index in [4.69, 9.17) is 9.47 Å². The number of aliphatic hydroxyl groups is 1. The number of fused-ring (bicyclic) bond motifs is 7. The number of rotatable bonds is 3. The van der Waals surface area contributed by atoms with Gasteiger partial charge in [-0.15, -0.1) is 0 Å². The summed E-state index contributed by atoms with van der Waals surface area (Å²) in [6.07, 6.45) is 9.09. The van der Waals surface area contributed by atoms with Crippen molar-refractivity contribution >= 4 is 11.9 Å². The van der Waals surface area contributed by atoms with Crippen LogP contribution in [0.2, 0.25) is 0 Å². The van der Waals surface area contributed by atoms with Crippen LogP contribution < -0.4 is 0 Å². The van der Waals surface area contributed by atoms with Crippen molar-refractivity contribution in [2.24, 2.45) is 56.7 Å². The first kappa shape index (κ1) is 27.2. The molecule has 5 fully saturated rings. The van der Waals surface area contributed by atoms with Crippen LogP contribution in [0, 0.1) is 56.7 Å². The first-order chi connectivity index (χ1) is 17.3. The number of ether oxygens (including phenoxy) is 2. The van der Waals surface area contributed by atoms with E-state index in [0.29, 0.717) is 30.1 Å². The van der Waals surface area contributed by atoms with Gasteiger partial charge in [-0.25, -0.2) is 0 Å². The molecule has 0 unspecified atom stereocenters. The molecule has 5 heteroatoms. The fourth-order valence-electron chi connectivity index (χ4n) is 11.9. The third-order valence-electron chi connectivity index (χ3n) is 13.9. The summed E-state index contributed by atoms with van der Waals surface area (Å²) in [5.74, 6) is 1.48. The van der Waals surface area contributed by atoms with Crippen molar-refractivity contribution < 1.29 is 24.2 Å². The second-order valence-electron chi connectivity index (χ2n) is 14.7. The van der Waals surface area contributed by atoms with Crippen molar-refractivity contribution in [2.75, 3.05) is 14.2 Å². The highest BCUT2D eigenvalue weighted by atomic mass is 16.5. The maximum atomic E-state index is 13.4. The molecule has 0 bridgehead atoms. The molecule has 5 rings (SSSR count). The van der Waals surface area contributed by atoms with E-state index in [2.05, 4.69) is 34.3 Å². The largest absolute Gasteiger partial charge is 0.469 e. The lowest BCUT2D eigenvalue weighted by atomic mass is 9.32. The Labute approximate surface area is 224 Å². The van der Waals surface area contributed by atoms with Crippen molar-refractivity contribution in [1.29, 1.82) is 0 Å². The summed E-state index contributed by atoms with van der Waals surface area (Å²) in [4.78, 5) is 26.5. The second-order valence-corrected chi connectivity index (χ2v) is 14.7. The topological polar surface area (TPSA) is 72.8 Å². The zero-order valence-corrected chi connectivity index (χ0v) is 24.3. The van der Waals surface area contributed by atoms with Crippen LogP contribution in [0.3, 0.4) is 0 Å². The van der Waals surface area contributed by atoms with E-state index >= 15 is 0 Å². The van der Waals surface area contributed by atoms with E-state index in [9.17, 15) is 14.7 Å². The summed E-state index contributed by atoms with van der Waals surface area (Å²) in [5, 5.41) is 11.1. The van der Waals surface area contributed by atoms with Gasteiger partial charge in [0.2, 0.25) is 0 Å². The van der Waals surface area contributed by atoms with E-state index < -0.39 is 11.5 Å². The molecule has 0 saturated heterocycles. The molecule has 5 aliphatic rings. The van der Waals surface area contributed by atoms with Crippen molar-refractivity contribution in [3.63, 3.8) is 0 Å². The third kappa shape index (κ3) is 3.19. The summed E-state index contributed by atoms with van der Waals surface area (Å²) in [6, 6.07) is 0. The molecule has 5 saturated carbocycles. The first-order valence-corrected chi connectivity index (χ1v) is 14.8. The Hall–Kier alpha value is -1.36. The summed E-state index contributed by atoms with van der Waals surface area (Å²) in [7, 11) is 3.02. The van der Waals surface area contributed by atoms with Gasteiger partial charge in [0.15, 0.2) is 0 Å². The molecule has 11 atom stereocenters. The van der Waals surface area contributed by atoms with Crippen molar-refractivity contribution in [2.45, 2.75) is 105 Å². The van der Waals surface area contributed by atoms with Crippen LogP contribution in [0.25, 0.3) is 0 Å². The Morgan fingerprint density at radius 1 is 0.784 bits per heavy atom. The summed E-state index contributed by atoms with van der Waals surface area (Å²) < 4.78 is 10.8. The Kier molecular flexibility index (Phi) is 6.30. The molecule has 1 N–H and O–H groups in total. The fourth-order valence-corrected chi connectivity index (χ4v) is 11.9. The first-order valence-electron chi connectivity index (χ1n) is 14.8. The highest BCUT2D eigenvalue weighted by Crippen LogP contribution is 2.77. The lowest BCUT2D eigenvalue weighted by Gasteiger charge is -2.72. The smallest absolute Gasteiger partial charge is 0.314 e. The molecule has 5 nitrogen and oxygen atoms in total. The molecule has 5 aliphatic carbocycles. The standard InChI is InChI=1S/C32H50O5/c1-19(2)20-11-16-32(27(35)37-8)18-17-29(4)21(25(20)32)9-10-22-28(3)14-13-24(33)31(6,26(34)36-7)23(28)12-15-30(22,29)5/h20-25,33H,1,9-18H2,2-8H3/t20-,21+,22+,23+,24+,25+,28+,29+,30+,31-,32-/m0/s1. The minimum atomic E-state index is -0.857. The summed E-state index contributed by atoms with van der Waals surface area (Å²) in [5.41, 5.74) is 0.198. The van der Waals surface area contributed by atoms with Gasteiger partial charge in [-0.05, 0) is 124 Å². The normalized spacial score (nSPS) is 52.6. The Balaban J connectivity index is 1.56. The predicted octanol–water partition coefficient (Wildman–Crippen LogP) is 6.33. The minimum absolute atomic E-state index is 0.00126. The molecular weight excluding hydrogens is 464 g/mol. The maximum Gasteiger partial charge on any atom is 0.314 e. The number of aliphatic hydroxyl groups excluding tert-OH is 1. The molecule has 0 aliphatic heterocycles.